The molecule has 0 bridgehead atoms. The van der Waals surface area contributed by atoms with Crippen molar-refractivity contribution in [1.29, 1.82) is 0 Å². The number of halogens is 1. The van der Waals surface area contributed by atoms with Crippen molar-refractivity contribution >= 4 is 28.4 Å². The summed E-state index contributed by atoms with van der Waals surface area (Å²) in [7, 11) is 4.64. The standard InChI is InChI=1S/C21H23ClN2O4/c1-12(8-13-6-5-7-15(22)9-13)23-21(25)16-10-14-11-17(26-2)19(27-3)20(28-4)18(14)24-16/h5-7,9-12,24H,8H2,1-4H3,(H,23,25)/t12-/m1/s1. The third kappa shape index (κ3) is 4.02. The zero-order valence-electron chi connectivity index (χ0n) is 16.3. The summed E-state index contributed by atoms with van der Waals surface area (Å²) in [4.78, 5) is 15.8. The molecule has 148 valence electrons. The van der Waals surface area contributed by atoms with E-state index in [1.165, 1.54) is 0 Å². The van der Waals surface area contributed by atoms with E-state index in [0.717, 1.165) is 10.9 Å². The highest BCUT2D eigenvalue weighted by Gasteiger charge is 2.20. The molecule has 2 N–H and O–H groups in total. The van der Waals surface area contributed by atoms with Crippen LogP contribution in [0.2, 0.25) is 5.02 Å². The van der Waals surface area contributed by atoms with Gasteiger partial charge in [-0.25, -0.2) is 0 Å². The number of carbonyl (C=O) groups is 1. The summed E-state index contributed by atoms with van der Waals surface area (Å²) in [6.07, 6.45) is 0.678. The molecule has 0 saturated carbocycles. The fourth-order valence-corrected chi connectivity index (χ4v) is 3.45. The molecule has 0 aliphatic rings. The van der Waals surface area contributed by atoms with Gasteiger partial charge in [0.05, 0.1) is 26.8 Å². The molecule has 2 aromatic carbocycles. The van der Waals surface area contributed by atoms with Crippen molar-refractivity contribution in [3.63, 3.8) is 0 Å². The summed E-state index contributed by atoms with van der Waals surface area (Å²) < 4.78 is 16.2. The first-order valence-corrected chi connectivity index (χ1v) is 9.21. The lowest BCUT2D eigenvalue weighted by atomic mass is 10.1. The van der Waals surface area contributed by atoms with Crippen LogP contribution in [-0.4, -0.2) is 38.3 Å². The molecule has 0 radical (unpaired) electrons. The van der Waals surface area contributed by atoms with E-state index in [0.29, 0.717) is 39.9 Å². The molecule has 0 fully saturated rings. The number of aromatic amines is 1. The number of fused-ring (bicyclic) bond motifs is 1. The number of methoxy groups -OCH3 is 3. The second-order valence-electron chi connectivity index (χ2n) is 6.50. The van der Waals surface area contributed by atoms with Crippen molar-refractivity contribution in [1.82, 2.24) is 10.3 Å². The van der Waals surface area contributed by atoms with Gasteiger partial charge in [0.1, 0.15) is 5.69 Å². The van der Waals surface area contributed by atoms with Crippen LogP contribution in [0.5, 0.6) is 17.2 Å². The average Bonchev–Trinajstić information content (AvgIpc) is 3.10. The Morgan fingerprint density at radius 2 is 1.86 bits per heavy atom. The van der Waals surface area contributed by atoms with E-state index in [-0.39, 0.29) is 11.9 Å². The van der Waals surface area contributed by atoms with E-state index in [1.54, 1.807) is 33.5 Å². The lowest BCUT2D eigenvalue weighted by Crippen LogP contribution is -2.34. The first kappa shape index (κ1) is 19.9. The summed E-state index contributed by atoms with van der Waals surface area (Å²) in [6.45, 7) is 1.95. The van der Waals surface area contributed by atoms with E-state index in [4.69, 9.17) is 25.8 Å². The predicted molar refractivity (Wildman–Crippen MR) is 110 cm³/mol. The molecule has 0 unspecified atom stereocenters. The molecule has 1 heterocycles. The van der Waals surface area contributed by atoms with Crippen LogP contribution in [0.15, 0.2) is 36.4 Å². The normalized spacial score (nSPS) is 11.9. The summed E-state index contributed by atoms with van der Waals surface area (Å²) in [6, 6.07) is 11.1. The number of amides is 1. The Balaban J connectivity index is 1.83. The number of ether oxygens (including phenoxy) is 3. The van der Waals surface area contributed by atoms with Crippen LogP contribution >= 0.6 is 11.6 Å². The Hall–Kier alpha value is -2.86. The molecular formula is C21H23ClN2O4. The van der Waals surface area contributed by atoms with Gasteiger partial charge < -0.3 is 24.5 Å². The van der Waals surface area contributed by atoms with Gasteiger partial charge in [-0.3, -0.25) is 4.79 Å². The molecule has 0 saturated heterocycles. The Morgan fingerprint density at radius 1 is 1.11 bits per heavy atom. The molecule has 7 heteroatoms. The van der Waals surface area contributed by atoms with E-state index in [1.807, 2.05) is 31.2 Å². The van der Waals surface area contributed by atoms with Crippen LogP contribution < -0.4 is 19.5 Å². The third-order valence-electron chi connectivity index (χ3n) is 4.47. The second kappa shape index (κ2) is 8.44. The Bertz CT molecular complexity index is 999. The molecule has 3 rings (SSSR count). The number of H-pyrrole nitrogens is 1. The molecule has 0 aliphatic heterocycles. The van der Waals surface area contributed by atoms with Gasteiger partial charge in [0.2, 0.25) is 5.75 Å². The van der Waals surface area contributed by atoms with E-state index in [2.05, 4.69) is 10.3 Å². The van der Waals surface area contributed by atoms with Crippen LogP contribution in [0.25, 0.3) is 10.9 Å². The minimum absolute atomic E-state index is 0.0663. The van der Waals surface area contributed by atoms with Crippen molar-refractivity contribution in [3.8, 4) is 17.2 Å². The Labute approximate surface area is 168 Å². The topological polar surface area (TPSA) is 72.6 Å². The number of rotatable bonds is 7. The molecule has 0 spiro atoms. The lowest BCUT2D eigenvalue weighted by molar-refractivity contribution is 0.0936. The average molecular weight is 403 g/mol. The van der Waals surface area contributed by atoms with Crippen molar-refractivity contribution in [2.24, 2.45) is 0 Å². The van der Waals surface area contributed by atoms with E-state index in [9.17, 15) is 4.79 Å². The van der Waals surface area contributed by atoms with Crippen molar-refractivity contribution < 1.29 is 19.0 Å². The molecule has 28 heavy (non-hydrogen) atoms. The molecule has 6 nitrogen and oxygen atoms in total. The van der Waals surface area contributed by atoms with Gasteiger partial charge >= 0.3 is 0 Å². The summed E-state index contributed by atoms with van der Waals surface area (Å²) >= 11 is 6.03. The van der Waals surface area contributed by atoms with Gasteiger partial charge in [-0.1, -0.05) is 23.7 Å². The zero-order valence-corrected chi connectivity index (χ0v) is 17.0. The quantitative estimate of drug-likeness (QED) is 0.621. The number of benzene rings is 2. The zero-order chi connectivity index (χ0) is 20.3. The van der Waals surface area contributed by atoms with Crippen molar-refractivity contribution in [2.45, 2.75) is 19.4 Å². The highest BCUT2D eigenvalue weighted by atomic mass is 35.5. The molecule has 3 aromatic rings. The summed E-state index contributed by atoms with van der Waals surface area (Å²) in [5.74, 6) is 1.29. The van der Waals surface area contributed by atoms with Gasteiger partial charge in [0.15, 0.2) is 11.5 Å². The van der Waals surface area contributed by atoms with E-state index >= 15 is 0 Å². The maximum atomic E-state index is 12.7. The second-order valence-corrected chi connectivity index (χ2v) is 6.94. The number of aromatic nitrogens is 1. The first-order chi connectivity index (χ1) is 13.5. The SMILES string of the molecule is COc1cc2cc(C(=O)N[C@H](C)Cc3cccc(Cl)c3)[nH]c2c(OC)c1OC. The number of hydrogen-bond acceptors (Lipinski definition) is 4. The molecular weight excluding hydrogens is 380 g/mol. The smallest absolute Gasteiger partial charge is 0.267 e. The fourth-order valence-electron chi connectivity index (χ4n) is 3.24. The Morgan fingerprint density at radius 3 is 2.50 bits per heavy atom. The van der Waals surface area contributed by atoms with Gasteiger partial charge in [-0.2, -0.15) is 0 Å². The maximum Gasteiger partial charge on any atom is 0.267 e. The number of nitrogens with one attached hydrogen (secondary N) is 2. The van der Waals surface area contributed by atoms with Gasteiger partial charge in [0.25, 0.3) is 5.91 Å². The highest BCUT2D eigenvalue weighted by molar-refractivity contribution is 6.30. The molecule has 1 atom stereocenters. The lowest BCUT2D eigenvalue weighted by Gasteiger charge is -2.13. The van der Waals surface area contributed by atoms with Crippen LogP contribution in [0.4, 0.5) is 0 Å². The van der Waals surface area contributed by atoms with Crippen molar-refractivity contribution in [3.05, 3.63) is 52.7 Å². The van der Waals surface area contributed by atoms with Crippen molar-refractivity contribution in [2.75, 3.05) is 21.3 Å². The van der Waals surface area contributed by atoms with Crippen LogP contribution in [0, 0.1) is 0 Å². The minimum Gasteiger partial charge on any atom is -0.493 e. The maximum absolute atomic E-state index is 12.7. The molecule has 0 aliphatic carbocycles. The molecule has 1 amide bonds. The van der Waals surface area contributed by atoms with E-state index < -0.39 is 0 Å². The third-order valence-corrected chi connectivity index (χ3v) is 4.71. The van der Waals surface area contributed by atoms with Gasteiger partial charge in [-0.05, 0) is 43.2 Å². The Kier molecular flexibility index (Phi) is 5.99. The summed E-state index contributed by atoms with van der Waals surface area (Å²) in [5.41, 5.74) is 2.17. The molecule has 1 aromatic heterocycles. The number of hydrogen-bond donors (Lipinski definition) is 2. The monoisotopic (exact) mass is 402 g/mol. The van der Waals surface area contributed by atoms with Crippen LogP contribution in [0.1, 0.15) is 23.0 Å². The highest BCUT2D eigenvalue weighted by Crippen LogP contribution is 2.43. The van der Waals surface area contributed by atoms with Gasteiger partial charge in [-0.15, -0.1) is 0 Å². The van der Waals surface area contributed by atoms with Gasteiger partial charge in [0, 0.05) is 16.5 Å². The number of carbonyl (C=O) groups excluding carboxylic acids is 1. The first-order valence-electron chi connectivity index (χ1n) is 8.83. The van der Waals surface area contributed by atoms with Crippen LogP contribution in [-0.2, 0) is 6.42 Å². The minimum atomic E-state index is -0.203. The fraction of sp³-hybridized carbons (Fsp3) is 0.286. The summed E-state index contributed by atoms with van der Waals surface area (Å²) in [5, 5.41) is 4.48. The van der Waals surface area contributed by atoms with Crippen LogP contribution in [0.3, 0.4) is 0 Å². The predicted octanol–water partition coefficient (Wildman–Crippen LogP) is 4.21. The largest absolute Gasteiger partial charge is 0.493 e.